The molecule has 1 heterocycles. The molecule has 5 heteroatoms. The summed E-state index contributed by atoms with van der Waals surface area (Å²) in [4.78, 5) is 15.9. The van der Waals surface area contributed by atoms with Crippen molar-refractivity contribution < 1.29 is 9.53 Å². The number of hydrogen-bond donors (Lipinski definition) is 1. The number of hydrogen-bond acceptors (Lipinski definition) is 4. The first-order valence-electron chi connectivity index (χ1n) is 9.95. The highest BCUT2D eigenvalue weighted by Crippen LogP contribution is 2.23. The Kier molecular flexibility index (Phi) is 7.40. The van der Waals surface area contributed by atoms with Gasteiger partial charge in [0.15, 0.2) is 0 Å². The van der Waals surface area contributed by atoms with E-state index in [0.717, 1.165) is 37.6 Å². The molecule has 0 aliphatic carbocycles. The van der Waals surface area contributed by atoms with Crippen molar-refractivity contribution in [2.45, 2.75) is 38.1 Å². The standard InChI is InChI=1S/C23H30N2O2S/c1-17-4-9-22(16-18(17)2)28-15-10-23(26)24-19(3)20-5-7-21(8-6-20)25-11-13-27-14-12-25/h4-9,16,19H,10-15H2,1-3H3,(H,24,26). The number of nitrogens with one attached hydrogen (secondary N) is 1. The Morgan fingerprint density at radius 3 is 2.50 bits per heavy atom. The highest BCUT2D eigenvalue weighted by atomic mass is 32.2. The number of amides is 1. The summed E-state index contributed by atoms with van der Waals surface area (Å²) in [7, 11) is 0. The lowest BCUT2D eigenvalue weighted by Gasteiger charge is -2.29. The van der Waals surface area contributed by atoms with Crippen molar-refractivity contribution in [3.8, 4) is 0 Å². The predicted molar refractivity (Wildman–Crippen MR) is 117 cm³/mol. The van der Waals surface area contributed by atoms with Crippen LogP contribution in [-0.4, -0.2) is 38.0 Å². The number of carbonyl (C=O) groups is 1. The predicted octanol–water partition coefficient (Wildman–Crippen LogP) is 4.50. The van der Waals surface area contributed by atoms with Crippen LogP contribution in [0.15, 0.2) is 47.4 Å². The van der Waals surface area contributed by atoms with Gasteiger partial charge in [0.1, 0.15) is 0 Å². The van der Waals surface area contributed by atoms with Gasteiger partial charge in [-0.1, -0.05) is 18.2 Å². The fourth-order valence-electron chi connectivity index (χ4n) is 3.26. The second kappa shape index (κ2) is 9.99. The topological polar surface area (TPSA) is 41.6 Å². The molecule has 3 rings (SSSR count). The monoisotopic (exact) mass is 398 g/mol. The van der Waals surface area contributed by atoms with Gasteiger partial charge in [0.2, 0.25) is 5.91 Å². The lowest BCUT2D eigenvalue weighted by molar-refractivity contribution is -0.121. The summed E-state index contributed by atoms with van der Waals surface area (Å²) in [5.41, 5.74) is 4.95. The minimum atomic E-state index is 0.0119. The molecule has 0 bridgehead atoms. The van der Waals surface area contributed by atoms with Gasteiger partial charge in [-0.25, -0.2) is 0 Å². The van der Waals surface area contributed by atoms with Crippen LogP contribution < -0.4 is 10.2 Å². The van der Waals surface area contributed by atoms with Crippen molar-refractivity contribution >= 4 is 23.4 Å². The molecule has 0 spiro atoms. The van der Waals surface area contributed by atoms with E-state index in [0.29, 0.717) is 6.42 Å². The van der Waals surface area contributed by atoms with Crippen LogP contribution in [0.3, 0.4) is 0 Å². The minimum absolute atomic E-state index is 0.0119. The lowest BCUT2D eigenvalue weighted by Crippen LogP contribution is -2.36. The van der Waals surface area contributed by atoms with E-state index in [-0.39, 0.29) is 11.9 Å². The summed E-state index contributed by atoms with van der Waals surface area (Å²) in [5, 5.41) is 3.12. The molecule has 28 heavy (non-hydrogen) atoms. The van der Waals surface area contributed by atoms with Crippen LogP contribution in [0, 0.1) is 13.8 Å². The zero-order valence-corrected chi connectivity index (χ0v) is 17.8. The summed E-state index contributed by atoms with van der Waals surface area (Å²) in [5.74, 6) is 0.887. The van der Waals surface area contributed by atoms with Crippen LogP contribution in [-0.2, 0) is 9.53 Å². The van der Waals surface area contributed by atoms with Gasteiger partial charge in [-0.15, -0.1) is 11.8 Å². The van der Waals surface area contributed by atoms with Gasteiger partial charge < -0.3 is 15.0 Å². The van der Waals surface area contributed by atoms with Gasteiger partial charge in [-0.3, -0.25) is 4.79 Å². The first kappa shape index (κ1) is 20.7. The summed E-state index contributed by atoms with van der Waals surface area (Å²) >= 11 is 1.74. The molecule has 4 nitrogen and oxygen atoms in total. The summed E-state index contributed by atoms with van der Waals surface area (Å²) in [6, 6.07) is 15.0. The molecule has 1 N–H and O–H groups in total. The van der Waals surface area contributed by atoms with Crippen LogP contribution in [0.25, 0.3) is 0 Å². The fourth-order valence-corrected chi connectivity index (χ4v) is 4.21. The number of anilines is 1. The molecule has 0 aromatic heterocycles. The molecular weight excluding hydrogens is 368 g/mol. The Hall–Kier alpha value is -1.98. The molecule has 2 aromatic rings. The van der Waals surface area contributed by atoms with Crippen LogP contribution in [0.2, 0.25) is 0 Å². The van der Waals surface area contributed by atoms with Crippen LogP contribution >= 0.6 is 11.8 Å². The number of thioether (sulfide) groups is 1. The van der Waals surface area contributed by atoms with Crippen molar-refractivity contribution in [1.29, 1.82) is 0 Å². The van der Waals surface area contributed by atoms with E-state index >= 15 is 0 Å². The molecule has 2 aromatic carbocycles. The summed E-state index contributed by atoms with van der Waals surface area (Å²) in [6.07, 6.45) is 0.522. The van der Waals surface area contributed by atoms with Gasteiger partial charge in [0, 0.05) is 35.8 Å². The number of rotatable bonds is 7. The maximum atomic E-state index is 12.3. The molecule has 1 saturated heterocycles. The quantitative estimate of drug-likeness (QED) is 0.697. The highest BCUT2D eigenvalue weighted by molar-refractivity contribution is 7.99. The molecule has 0 radical (unpaired) electrons. The average molecular weight is 399 g/mol. The van der Waals surface area contributed by atoms with Crippen LogP contribution in [0.1, 0.15) is 36.1 Å². The Morgan fingerprint density at radius 2 is 1.82 bits per heavy atom. The average Bonchev–Trinajstić information content (AvgIpc) is 2.71. The molecule has 1 aliphatic heterocycles. The smallest absolute Gasteiger partial charge is 0.221 e. The third-order valence-corrected chi connectivity index (χ3v) is 6.22. The molecular formula is C23H30N2O2S. The first-order valence-corrected chi connectivity index (χ1v) is 10.9. The van der Waals surface area contributed by atoms with E-state index in [1.807, 2.05) is 6.92 Å². The molecule has 1 unspecified atom stereocenters. The number of morpholine rings is 1. The van der Waals surface area contributed by atoms with Gasteiger partial charge in [0.05, 0.1) is 19.3 Å². The van der Waals surface area contributed by atoms with Crippen molar-refractivity contribution in [1.82, 2.24) is 5.32 Å². The number of ether oxygens (including phenoxy) is 1. The second-order valence-electron chi connectivity index (χ2n) is 7.32. The van der Waals surface area contributed by atoms with Crippen LogP contribution in [0.5, 0.6) is 0 Å². The summed E-state index contributed by atoms with van der Waals surface area (Å²) in [6.45, 7) is 9.72. The minimum Gasteiger partial charge on any atom is -0.378 e. The first-order chi connectivity index (χ1) is 13.5. The van der Waals surface area contributed by atoms with Gasteiger partial charge in [-0.05, 0) is 61.7 Å². The maximum Gasteiger partial charge on any atom is 0.221 e. The van der Waals surface area contributed by atoms with E-state index in [1.165, 1.54) is 21.7 Å². The van der Waals surface area contributed by atoms with Gasteiger partial charge in [-0.2, -0.15) is 0 Å². The Morgan fingerprint density at radius 1 is 1.11 bits per heavy atom. The third kappa shape index (κ3) is 5.76. The second-order valence-corrected chi connectivity index (χ2v) is 8.49. The Balaban J connectivity index is 1.44. The van der Waals surface area contributed by atoms with Crippen molar-refractivity contribution in [3.63, 3.8) is 0 Å². The number of aryl methyl sites for hydroxylation is 2. The van der Waals surface area contributed by atoms with Crippen molar-refractivity contribution in [2.24, 2.45) is 0 Å². The Labute approximate surface area is 172 Å². The molecule has 1 atom stereocenters. The zero-order valence-electron chi connectivity index (χ0n) is 17.0. The molecule has 0 saturated carbocycles. The van der Waals surface area contributed by atoms with Crippen molar-refractivity contribution in [3.05, 3.63) is 59.2 Å². The summed E-state index contributed by atoms with van der Waals surface area (Å²) < 4.78 is 5.41. The largest absolute Gasteiger partial charge is 0.378 e. The molecule has 1 aliphatic rings. The number of carbonyl (C=O) groups excluding carboxylic acids is 1. The van der Waals surface area contributed by atoms with Crippen LogP contribution in [0.4, 0.5) is 5.69 Å². The highest BCUT2D eigenvalue weighted by Gasteiger charge is 2.13. The molecule has 150 valence electrons. The SMILES string of the molecule is Cc1ccc(SCCC(=O)NC(C)c2ccc(N3CCOCC3)cc2)cc1C. The maximum absolute atomic E-state index is 12.3. The third-order valence-electron chi connectivity index (χ3n) is 5.22. The van der Waals surface area contributed by atoms with E-state index in [9.17, 15) is 4.79 Å². The lowest BCUT2D eigenvalue weighted by atomic mass is 10.1. The molecule has 1 amide bonds. The number of nitrogens with zero attached hydrogens (tertiary/aromatic N) is 1. The number of benzene rings is 2. The Bertz CT molecular complexity index is 786. The van der Waals surface area contributed by atoms with Crippen molar-refractivity contribution in [2.75, 3.05) is 37.0 Å². The van der Waals surface area contributed by atoms with Gasteiger partial charge in [0.25, 0.3) is 0 Å². The van der Waals surface area contributed by atoms with Gasteiger partial charge >= 0.3 is 0 Å². The zero-order chi connectivity index (χ0) is 19.9. The molecule has 1 fully saturated rings. The fraction of sp³-hybridized carbons (Fsp3) is 0.435. The van der Waals surface area contributed by atoms with E-state index in [2.05, 4.69) is 66.5 Å². The van der Waals surface area contributed by atoms with E-state index < -0.39 is 0 Å². The van der Waals surface area contributed by atoms with E-state index in [4.69, 9.17) is 4.74 Å². The van der Waals surface area contributed by atoms with E-state index in [1.54, 1.807) is 11.8 Å². The normalized spacial score (nSPS) is 15.3.